The molecule has 4 N–H and O–H groups in total. The Bertz CT molecular complexity index is 936. The van der Waals surface area contributed by atoms with Crippen molar-refractivity contribution in [3.8, 4) is 0 Å². The van der Waals surface area contributed by atoms with Gasteiger partial charge in [-0.25, -0.2) is 9.78 Å². The summed E-state index contributed by atoms with van der Waals surface area (Å²) in [6, 6.07) is 10.1. The zero-order valence-electron chi connectivity index (χ0n) is 19.6. The van der Waals surface area contributed by atoms with Gasteiger partial charge >= 0.3 is 6.03 Å². The molecule has 2 aliphatic rings. The minimum absolute atomic E-state index is 0.181. The lowest BCUT2D eigenvalue weighted by atomic mass is 9.94. The van der Waals surface area contributed by atoms with E-state index >= 15 is 0 Å². The Labute approximate surface area is 194 Å². The number of amides is 2. The van der Waals surface area contributed by atoms with Gasteiger partial charge in [0, 0.05) is 32.6 Å². The normalized spacial score (nSPS) is 18.0. The van der Waals surface area contributed by atoms with Gasteiger partial charge in [0.1, 0.15) is 0 Å². The van der Waals surface area contributed by atoms with Crippen molar-refractivity contribution in [2.24, 2.45) is 0 Å². The lowest BCUT2D eigenvalue weighted by molar-refractivity contribution is 0.00569. The number of piperidine rings is 1. The molecule has 5 rings (SSSR count). The third-order valence-corrected chi connectivity index (χ3v) is 6.22. The van der Waals surface area contributed by atoms with E-state index in [1.54, 1.807) is 4.90 Å². The molecule has 33 heavy (non-hydrogen) atoms. The highest BCUT2D eigenvalue weighted by Gasteiger charge is 2.29. The Morgan fingerprint density at radius 2 is 1.82 bits per heavy atom. The number of nitrogens with one attached hydrogen (secondary N) is 2. The number of benzene rings is 1. The van der Waals surface area contributed by atoms with Gasteiger partial charge in [0.2, 0.25) is 5.95 Å². The molecular weight excluding hydrogens is 420 g/mol. The minimum atomic E-state index is -0.657. The maximum absolute atomic E-state index is 12.1. The molecule has 0 bridgehead atoms. The number of anilines is 1. The van der Waals surface area contributed by atoms with E-state index in [1.807, 2.05) is 43.5 Å². The number of para-hydroxylation sites is 2. The number of imidazole rings is 1. The fraction of sp³-hybridized carbons (Fsp3) is 0.542. The van der Waals surface area contributed by atoms with Gasteiger partial charge in [-0.2, -0.15) is 5.10 Å². The van der Waals surface area contributed by atoms with Crippen LogP contribution in [0, 0.1) is 0 Å². The highest BCUT2D eigenvalue weighted by atomic mass is 16.3. The van der Waals surface area contributed by atoms with Crippen LogP contribution in [0.15, 0.2) is 42.7 Å². The van der Waals surface area contributed by atoms with Crippen LogP contribution in [0.25, 0.3) is 11.0 Å². The van der Waals surface area contributed by atoms with Crippen molar-refractivity contribution < 1.29 is 15.0 Å². The van der Waals surface area contributed by atoms with Crippen LogP contribution in [0.3, 0.4) is 0 Å². The number of urea groups is 1. The molecule has 9 nitrogen and oxygen atoms in total. The monoisotopic (exact) mass is 456 g/mol. The second-order valence-electron chi connectivity index (χ2n) is 8.79. The van der Waals surface area contributed by atoms with E-state index in [1.165, 1.54) is 32.1 Å². The Kier molecular flexibility index (Phi) is 8.85. The summed E-state index contributed by atoms with van der Waals surface area (Å²) in [4.78, 5) is 21.2. The Morgan fingerprint density at radius 1 is 1.12 bits per heavy atom. The predicted octanol–water partition coefficient (Wildman–Crippen LogP) is 3.94. The second kappa shape index (κ2) is 11.8. The zero-order chi connectivity index (χ0) is 23.7. The number of hydrogen-bond donors (Lipinski definition) is 4. The number of likely N-dealkylation sites (tertiary alicyclic amines) is 1. The van der Waals surface area contributed by atoms with Crippen LogP contribution in [0.1, 0.15) is 57.9 Å². The Balaban J connectivity index is 0.000000199. The summed E-state index contributed by atoms with van der Waals surface area (Å²) in [5.74, 6) is 0.452. The van der Waals surface area contributed by atoms with E-state index < -0.39 is 5.60 Å². The van der Waals surface area contributed by atoms with Gasteiger partial charge < -0.3 is 20.1 Å². The molecule has 3 heterocycles. The number of aromatic amines is 1. The van der Waals surface area contributed by atoms with Crippen LogP contribution in [-0.2, 0) is 0 Å². The Hall–Kier alpha value is -2.91. The number of rotatable bonds is 2. The van der Waals surface area contributed by atoms with E-state index in [4.69, 9.17) is 5.11 Å². The molecule has 1 saturated carbocycles. The van der Waals surface area contributed by atoms with Crippen LogP contribution in [0.4, 0.5) is 10.7 Å². The third kappa shape index (κ3) is 7.03. The van der Waals surface area contributed by atoms with Gasteiger partial charge in [0.15, 0.2) is 0 Å². The molecule has 0 unspecified atom stereocenters. The first-order valence-corrected chi connectivity index (χ1v) is 11.7. The van der Waals surface area contributed by atoms with E-state index in [0.717, 1.165) is 18.1 Å². The molecule has 1 aromatic carbocycles. The molecule has 9 heteroatoms. The standard InChI is InChI=1S/C14H18N4O2.C9H14N2.CH4O/c1-14(20)6-8-18(9-7-14)13(19)17-12-15-10-4-2-3-5-11(10)16-12;1-2-5-9(6-3-1)11-8-4-7-10-11;1-2/h2-5,20H,6-9H2,1H3,(H2,15,16,17,19);4,7-9H,1-3,5-6H2;2H,1H3. The molecule has 1 saturated heterocycles. The predicted molar refractivity (Wildman–Crippen MR) is 129 cm³/mol. The summed E-state index contributed by atoms with van der Waals surface area (Å²) >= 11 is 0. The topological polar surface area (TPSA) is 119 Å². The van der Waals surface area contributed by atoms with Crippen LogP contribution in [-0.4, -0.2) is 66.7 Å². The zero-order valence-corrected chi connectivity index (χ0v) is 19.6. The summed E-state index contributed by atoms with van der Waals surface area (Å²) in [6.45, 7) is 2.92. The van der Waals surface area contributed by atoms with E-state index in [9.17, 15) is 9.90 Å². The molecule has 3 aromatic rings. The van der Waals surface area contributed by atoms with Gasteiger partial charge in [-0.1, -0.05) is 31.4 Å². The SMILES string of the molecule is CC1(O)CCN(C(=O)Nc2nc3ccccc3[nH]2)CC1.CO.c1cnn(C2CCCCC2)c1. The third-order valence-electron chi connectivity index (χ3n) is 6.22. The molecule has 1 aliphatic heterocycles. The smallest absolute Gasteiger partial charge is 0.324 e. The minimum Gasteiger partial charge on any atom is -0.400 e. The summed E-state index contributed by atoms with van der Waals surface area (Å²) in [5.41, 5.74) is 1.06. The largest absolute Gasteiger partial charge is 0.400 e. The van der Waals surface area contributed by atoms with E-state index in [2.05, 4.69) is 31.3 Å². The van der Waals surface area contributed by atoms with Crippen molar-refractivity contribution in [3.63, 3.8) is 0 Å². The van der Waals surface area contributed by atoms with Crippen molar-refractivity contribution in [2.75, 3.05) is 25.5 Å². The van der Waals surface area contributed by atoms with Crippen molar-refractivity contribution in [3.05, 3.63) is 42.7 Å². The van der Waals surface area contributed by atoms with Crippen molar-refractivity contribution in [1.82, 2.24) is 24.6 Å². The van der Waals surface area contributed by atoms with E-state index in [0.29, 0.717) is 37.9 Å². The number of H-pyrrole nitrogens is 1. The average Bonchev–Trinajstić information content (AvgIpc) is 3.51. The number of fused-ring (bicyclic) bond motifs is 1. The first-order chi connectivity index (χ1) is 16.0. The second-order valence-corrected chi connectivity index (χ2v) is 8.79. The molecule has 0 spiro atoms. The molecule has 2 fully saturated rings. The molecule has 2 aromatic heterocycles. The van der Waals surface area contributed by atoms with Crippen LogP contribution >= 0.6 is 0 Å². The van der Waals surface area contributed by atoms with Crippen LogP contribution in [0.2, 0.25) is 0 Å². The van der Waals surface area contributed by atoms with Gasteiger partial charge in [-0.15, -0.1) is 0 Å². The highest BCUT2D eigenvalue weighted by Crippen LogP contribution is 2.27. The number of aromatic nitrogens is 4. The highest BCUT2D eigenvalue weighted by molar-refractivity contribution is 5.89. The number of carbonyl (C=O) groups is 1. The Morgan fingerprint density at radius 3 is 2.45 bits per heavy atom. The lowest BCUT2D eigenvalue weighted by Crippen LogP contribution is -2.46. The quantitative estimate of drug-likeness (QED) is 0.466. The molecule has 1 aliphatic carbocycles. The average molecular weight is 457 g/mol. The van der Waals surface area contributed by atoms with Crippen molar-refractivity contribution in [2.45, 2.75) is 63.5 Å². The van der Waals surface area contributed by atoms with E-state index in [-0.39, 0.29) is 6.03 Å². The summed E-state index contributed by atoms with van der Waals surface area (Å²) in [6.07, 6.45) is 12.0. The maximum atomic E-state index is 12.1. The lowest BCUT2D eigenvalue weighted by Gasteiger charge is -2.35. The van der Waals surface area contributed by atoms with Gasteiger partial charge in [0.05, 0.1) is 22.7 Å². The fourth-order valence-electron chi connectivity index (χ4n) is 4.23. The number of nitrogens with zero attached hydrogens (tertiary/aromatic N) is 4. The summed E-state index contributed by atoms with van der Waals surface area (Å²) in [7, 11) is 1.00. The van der Waals surface area contributed by atoms with Gasteiger partial charge in [-0.3, -0.25) is 10.00 Å². The van der Waals surface area contributed by atoms with Crippen LogP contribution < -0.4 is 5.32 Å². The van der Waals surface area contributed by atoms with Crippen molar-refractivity contribution in [1.29, 1.82) is 0 Å². The molecule has 2 amide bonds. The maximum Gasteiger partial charge on any atom is 0.324 e. The first-order valence-electron chi connectivity index (χ1n) is 11.7. The number of aliphatic hydroxyl groups excluding tert-OH is 1. The number of carbonyl (C=O) groups excluding carboxylic acids is 1. The number of hydrogen-bond acceptors (Lipinski definition) is 5. The summed E-state index contributed by atoms with van der Waals surface area (Å²) in [5, 5.41) is 23.9. The molecule has 0 radical (unpaired) electrons. The molecular formula is C24H36N6O3. The van der Waals surface area contributed by atoms with Gasteiger partial charge in [0.25, 0.3) is 0 Å². The fourth-order valence-corrected chi connectivity index (χ4v) is 4.23. The van der Waals surface area contributed by atoms with Crippen molar-refractivity contribution >= 4 is 23.0 Å². The summed E-state index contributed by atoms with van der Waals surface area (Å²) < 4.78 is 2.11. The first kappa shape index (κ1) is 24.7. The number of aliphatic hydroxyl groups is 2. The van der Waals surface area contributed by atoms with Crippen LogP contribution in [0.5, 0.6) is 0 Å². The molecule has 180 valence electrons. The van der Waals surface area contributed by atoms with Gasteiger partial charge in [-0.05, 0) is 50.8 Å². The molecule has 0 atom stereocenters.